The Hall–Kier alpha value is -2.49. The zero-order chi connectivity index (χ0) is 13.8. The third-order valence-corrected chi connectivity index (χ3v) is 2.76. The van der Waals surface area contributed by atoms with Crippen LogP contribution in [0.3, 0.4) is 0 Å². The van der Waals surface area contributed by atoms with E-state index >= 15 is 0 Å². The fourth-order valence-corrected chi connectivity index (χ4v) is 1.76. The van der Waals surface area contributed by atoms with Crippen molar-refractivity contribution in [2.24, 2.45) is 0 Å². The number of ether oxygens (including phenoxy) is 2. The van der Waals surface area contributed by atoms with Crippen LogP contribution in [0.25, 0.3) is 0 Å². The van der Waals surface area contributed by atoms with Crippen molar-refractivity contribution in [1.82, 2.24) is 0 Å². The molecular weight excluding hydrogens is 244 g/mol. The highest BCUT2D eigenvalue weighted by Gasteiger charge is 2.15. The highest BCUT2D eigenvalue weighted by atomic mass is 16.5. The number of hydrogen-bond acceptors (Lipinski definition) is 4. The van der Waals surface area contributed by atoms with Gasteiger partial charge in [-0.05, 0) is 24.3 Å². The van der Waals surface area contributed by atoms with Crippen LogP contribution in [0.1, 0.15) is 15.9 Å². The van der Waals surface area contributed by atoms with Gasteiger partial charge in [0.1, 0.15) is 17.2 Å². The maximum atomic E-state index is 12.3. The van der Waals surface area contributed by atoms with E-state index in [0.29, 0.717) is 17.1 Å². The lowest BCUT2D eigenvalue weighted by atomic mass is 10.0. The molecule has 0 radical (unpaired) electrons. The summed E-state index contributed by atoms with van der Waals surface area (Å²) >= 11 is 0. The first-order chi connectivity index (χ1) is 9.15. The minimum atomic E-state index is -0.282. The van der Waals surface area contributed by atoms with Crippen LogP contribution in [0.2, 0.25) is 0 Å². The molecule has 0 atom stereocenters. The number of carbonyl (C=O) groups is 1. The van der Waals surface area contributed by atoms with E-state index in [1.807, 2.05) is 0 Å². The van der Waals surface area contributed by atoms with Gasteiger partial charge in [-0.1, -0.05) is 12.1 Å². The van der Waals surface area contributed by atoms with Gasteiger partial charge in [0, 0.05) is 11.6 Å². The molecule has 0 amide bonds. The summed E-state index contributed by atoms with van der Waals surface area (Å²) in [7, 11) is 3.03. The second-order valence-corrected chi connectivity index (χ2v) is 3.95. The van der Waals surface area contributed by atoms with Gasteiger partial charge in [-0.15, -0.1) is 0 Å². The van der Waals surface area contributed by atoms with Crippen molar-refractivity contribution in [3.05, 3.63) is 53.6 Å². The Morgan fingerprint density at radius 3 is 2.11 bits per heavy atom. The van der Waals surface area contributed by atoms with Gasteiger partial charge in [-0.2, -0.15) is 0 Å². The molecule has 0 unspecified atom stereocenters. The summed E-state index contributed by atoms with van der Waals surface area (Å²) in [5.74, 6) is 0.723. The molecule has 0 heterocycles. The smallest absolute Gasteiger partial charge is 0.197 e. The Bertz CT molecular complexity index is 583. The Balaban J connectivity index is 2.47. The van der Waals surface area contributed by atoms with Gasteiger partial charge >= 0.3 is 0 Å². The fraction of sp³-hybridized carbons (Fsp3) is 0.133. The number of phenols is 1. The summed E-state index contributed by atoms with van der Waals surface area (Å²) in [4.78, 5) is 12.3. The third kappa shape index (κ3) is 2.68. The zero-order valence-corrected chi connectivity index (χ0v) is 10.7. The molecule has 0 spiro atoms. The molecule has 0 aliphatic rings. The number of phenolic OH excluding ortho intramolecular Hbond substituents is 1. The lowest BCUT2D eigenvalue weighted by molar-refractivity contribution is 0.103. The fourth-order valence-electron chi connectivity index (χ4n) is 1.76. The topological polar surface area (TPSA) is 55.8 Å². The maximum absolute atomic E-state index is 12.3. The molecule has 0 aliphatic heterocycles. The van der Waals surface area contributed by atoms with E-state index in [1.165, 1.54) is 20.3 Å². The van der Waals surface area contributed by atoms with Crippen molar-refractivity contribution in [2.45, 2.75) is 0 Å². The lowest BCUT2D eigenvalue weighted by Crippen LogP contribution is -2.02. The van der Waals surface area contributed by atoms with Gasteiger partial charge < -0.3 is 14.6 Å². The average molecular weight is 258 g/mol. The van der Waals surface area contributed by atoms with Crippen molar-refractivity contribution < 1.29 is 19.4 Å². The van der Waals surface area contributed by atoms with Gasteiger partial charge in [0.2, 0.25) is 0 Å². The first-order valence-electron chi connectivity index (χ1n) is 5.71. The van der Waals surface area contributed by atoms with Crippen molar-refractivity contribution in [2.75, 3.05) is 14.2 Å². The van der Waals surface area contributed by atoms with E-state index in [0.717, 1.165) is 0 Å². The van der Waals surface area contributed by atoms with Gasteiger partial charge in [0.05, 0.1) is 19.8 Å². The van der Waals surface area contributed by atoms with Crippen LogP contribution in [0.5, 0.6) is 17.2 Å². The summed E-state index contributed by atoms with van der Waals surface area (Å²) in [6.45, 7) is 0. The molecule has 0 aliphatic carbocycles. The quantitative estimate of drug-likeness (QED) is 0.856. The molecule has 0 aromatic heterocycles. The molecule has 0 saturated carbocycles. The number of hydrogen-bond donors (Lipinski definition) is 1. The number of benzene rings is 2. The second-order valence-electron chi connectivity index (χ2n) is 3.95. The first kappa shape index (κ1) is 13.0. The van der Waals surface area contributed by atoms with Crippen molar-refractivity contribution >= 4 is 5.78 Å². The molecular formula is C15H14O4. The van der Waals surface area contributed by atoms with Crippen LogP contribution in [-0.2, 0) is 0 Å². The second kappa shape index (κ2) is 5.44. The molecule has 0 saturated heterocycles. The Labute approximate surface area is 111 Å². The minimum Gasteiger partial charge on any atom is -0.507 e. The summed E-state index contributed by atoms with van der Waals surface area (Å²) in [6, 6.07) is 11.3. The van der Waals surface area contributed by atoms with Gasteiger partial charge in [0.15, 0.2) is 5.78 Å². The maximum Gasteiger partial charge on any atom is 0.197 e. The predicted molar refractivity (Wildman–Crippen MR) is 71.1 cm³/mol. The van der Waals surface area contributed by atoms with Crippen LogP contribution < -0.4 is 9.47 Å². The van der Waals surface area contributed by atoms with Crippen LogP contribution in [0.4, 0.5) is 0 Å². The number of carbonyl (C=O) groups excluding carboxylic acids is 1. The van der Waals surface area contributed by atoms with Crippen molar-refractivity contribution in [1.29, 1.82) is 0 Å². The predicted octanol–water partition coefficient (Wildman–Crippen LogP) is 2.64. The number of methoxy groups -OCH3 is 2. The molecule has 2 aromatic carbocycles. The van der Waals surface area contributed by atoms with Gasteiger partial charge in [0.25, 0.3) is 0 Å². The zero-order valence-electron chi connectivity index (χ0n) is 10.7. The normalized spacial score (nSPS) is 10.0. The SMILES string of the molecule is COc1cc(OC)cc(C(=O)c2ccccc2O)c1. The van der Waals surface area contributed by atoms with E-state index in [2.05, 4.69) is 0 Å². The van der Waals surface area contributed by atoms with Gasteiger partial charge in [-0.3, -0.25) is 4.79 Å². The summed E-state index contributed by atoms with van der Waals surface area (Å²) < 4.78 is 10.2. The van der Waals surface area contributed by atoms with E-state index < -0.39 is 0 Å². The summed E-state index contributed by atoms with van der Waals surface area (Å²) in [6.07, 6.45) is 0. The van der Waals surface area contributed by atoms with Crippen molar-refractivity contribution in [3.63, 3.8) is 0 Å². The van der Waals surface area contributed by atoms with E-state index in [1.54, 1.807) is 36.4 Å². The molecule has 4 nitrogen and oxygen atoms in total. The first-order valence-corrected chi connectivity index (χ1v) is 5.71. The number of para-hydroxylation sites is 1. The number of aromatic hydroxyl groups is 1. The molecule has 0 bridgehead atoms. The number of rotatable bonds is 4. The minimum absolute atomic E-state index is 0.0470. The highest BCUT2D eigenvalue weighted by molar-refractivity contribution is 6.11. The van der Waals surface area contributed by atoms with Crippen LogP contribution >= 0.6 is 0 Å². The largest absolute Gasteiger partial charge is 0.507 e. The van der Waals surface area contributed by atoms with Crippen LogP contribution in [0.15, 0.2) is 42.5 Å². The Kier molecular flexibility index (Phi) is 3.71. The molecule has 2 rings (SSSR count). The molecule has 1 N–H and O–H groups in total. The average Bonchev–Trinajstić information content (AvgIpc) is 2.46. The van der Waals surface area contributed by atoms with E-state index in [-0.39, 0.29) is 17.1 Å². The Morgan fingerprint density at radius 2 is 1.58 bits per heavy atom. The molecule has 4 heteroatoms. The van der Waals surface area contributed by atoms with Crippen molar-refractivity contribution in [3.8, 4) is 17.2 Å². The van der Waals surface area contributed by atoms with Crippen LogP contribution in [0, 0.1) is 0 Å². The molecule has 0 fully saturated rings. The standard InChI is InChI=1S/C15H14O4/c1-18-11-7-10(8-12(9-11)19-2)15(17)13-5-3-4-6-14(13)16/h3-9,16H,1-2H3. The molecule has 2 aromatic rings. The number of ketones is 1. The monoisotopic (exact) mass is 258 g/mol. The lowest BCUT2D eigenvalue weighted by Gasteiger charge is -2.08. The van der Waals surface area contributed by atoms with Gasteiger partial charge in [-0.25, -0.2) is 0 Å². The highest BCUT2D eigenvalue weighted by Crippen LogP contribution is 2.26. The summed E-state index contributed by atoms with van der Waals surface area (Å²) in [5.41, 5.74) is 0.649. The van der Waals surface area contributed by atoms with E-state index in [4.69, 9.17) is 9.47 Å². The van der Waals surface area contributed by atoms with Crippen LogP contribution in [-0.4, -0.2) is 25.1 Å². The molecule has 19 heavy (non-hydrogen) atoms. The third-order valence-electron chi connectivity index (χ3n) is 2.76. The molecule has 98 valence electrons. The Morgan fingerprint density at radius 1 is 1.00 bits per heavy atom. The van der Waals surface area contributed by atoms with E-state index in [9.17, 15) is 9.90 Å². The summed E-state index contributed by atoms with van der Waals surface area (Å²) in [5, 5.41) is 9.71.